The molecule has 1 aliphatic rings. The lowest BCUT2D eigenvalue weighted by molar-refractivity contribution is -0.0857. The van der Waals surface area contributed by atoms with E-state index in [1.807, 2.05) is 6.07 Å². The van der Waals surface area contributed by atoms with E-state index in [4.69, 9.17) is 9.47 Å². The zero-order valence-electron chi connectivity index (χ0n) is 10.2. The van der Waals surface area contributed by atoms with E-state index in [0.717, 1.165) is 0 Å². The van der Waals surface area contributed by atoms with Crippen LogP contribution in [0, 0.1) is 0 Å². The van der Waals surface area contributed by atoms with Gasteiger partial charge in [0.15, 0.2) is 6.23 Å². The Labute approximate surface area is 105 Å². The first-order valence-corrected chi connectivity index (χ1v) is 5.92. The van der Waals surface area contributed by atoms with Gasteiger partial charge in [-0.1, -0.05) is 18.2 Å². The van der Waals surface area contributed by atoms with Crippen LogP contribution in [-0.2, 0) is 4.74 Å². The number of methoxy groups -OCH3 is 1. The van der Waals surface area contributed by atoms with E-state index in [1.165, 1.54) is 12.0 Å². The normalized spacial score (nSPS) is 23.8. The Morgan fingerprint density at radius 2 is 2.11 bits per heavy atom. The smallest absolute Gasteiger partial charge is 0.410 e. The number of amides is 1. The highest BCUT2D eigenvalue weighted by Gasteiger charge is 2.35. The monoisotopic (exact) mass is 253 g/mol. The van der Waals surface area contributed by atoms with Gasteiger partial charge >= 0.3 is 6.09 Å². The Morgan fingerprint density at radius 1 is 1.39 bits per heavy atom. The van der Waals surface area contributed by atoms with Gasteiger partial charge in [0.1, 0.15) is 11.9 Å². The van der Waals surface area contributed by atoms with E-state index in [1.54, 1.807) is 24.3 Å². The summed E-state index contributed by atoms with van der Waals surface area (Å²) in [7, 11) is 1.39. The molecule has 5 heteroatoms. The van der Waals surface area contributed by atoms with Crippen LogP contribution in [0.25, 0.3) is 0 Å². The highest BCUT2D eigenvalue weighted by molar-refractivity contribution is 5.71. The highest BCUT2D eigenvalue weighted by atomic mass is 19.1. The lowest BCUT2D eigenvalue weighted by atomic mass is 10.1. The molecule has 0 aliphatic carbocycles. The summed E-state index contributed by atoms with van der Waals surface area (Å²) in [5, 5.41) is 0. The van der Waals surface area contributed by atoms with Crippen LogP contribution < -0.4 is 4.74 Å². The number of hydrogen-bond donors (Lipinski definition) is 0. The number of benzene rings is 1. The van der Waals surface area contributed by atoms with Gasteiger partial charge in [0.05, 0.1) is 0 Å². The topological polar surface area (TPSA) is 38.8 Å². The third kappa shape index (κ3) is 2.79. The molecule has 2 atom stereocenters. The molecule has 0 radical (unpaired) electrons. The third-order valence-corrected chi connectivity index (χ3v) is 2.92. The summed E-state index contributed by atoms with van der Waals surface area (Å²) in [5.74, 6) is 0.443. The summed E-state index contributed by atoms with van der Waals surface area (Å²) in [4.78, 5) is 13.2. The van der Waals surface area contributed by atoms with Crippen molar-refractivity contribution in [1.82, 2.24) is 4.90 Å². The molecule has 1 aromatic carbocycles. The molecule has 1 aromatic rings. The predicted octanol–water partition coefficient (Wildman–Crippen LogP) is 2.59. The van der Waals surface area contributed by atoms with E-state index in [9.17, 15) is 9.18 Å². The number of hydrogen-bond acceptors (Lipinski definition) is 3. The molecule has 2 unspecified atom stereocenters. The van der Waals surface area contributed by atoms with Gasteiger partial charge in [0.25, 0.3) is 0 Å². The van der Waals surface area contributed by atoms with Gasteiger partial charge in [-0.3, -0.25) is 4.90 Å². The number of nitrogens with zero attached hydrogens (tertiary/aromatic N) is 1. The number of carbonyl (C=O) groups is 1. The number of halogens is 1. The minimum Gasteiger partial charge on any atom is -0.410 e. The molecule has 0 aromatic heterocycles. The maximum absolute atomic E-state index is 13.6. The number of likely N-dealkylation sites (tertiary alicyclic amines) is 1. The van der Waals surface area contributed by atoms with Crippen molar-refractivity contribution in [3.05, 3.63) is 30.3 Å². The van der Waals surface area contributed by atoms with E-state index >= 15 is 0 Å². The Balaban J connectivity index is 2.03. The van der Waals surface area contributed by atoms with Crippen LogP contribution >= 0.6 is 0 Å². The minimum absolute atomic E-state index is 0.410. The van der Waals surface area contributed by atoms with Gasteiger partial charge in [-0.15, -0.1) is 0 Å². The quantitative estimate of drug-likeness (QED) is 0.813. The van der Waals surface area contributed by atoms with Crippen molar-refractivity contribution in [2.24, 2.45) is 0 Å². The number of piperidine rings is 1. The van der Waals surface area contributed by atoms with Crippen LogP contribution in [0.15, 0.2) is 30.3 Å². The molecule has 1 amide bonds. The standard InChI is InChI=1S/C13H16FNO3/c1-17-12-11(14)8-5-9-15(12)13(16)18-10-6-3-2-4-7-10/h2-4,6-7,11-12H,5,8-9H2,1H3. The largest absolute Gasteiger partial charge is 0.417 e. The maximum atomic E-state index is 13.6. The van der Waals surface area contributed by atoms with Crippen molar-refractivity contribution in [3.63, 3.8) is 0 Å². The molecule has 98 valence electrons. The second kappa shape index (κ2) is 5.82. The van der Waals surface area contributed by atoms with Gasteiger partial charge in [-0.2, -0.15) is 0 Å². The molecule has 0 spiro atoms. The fourth-order valence-corrected chi connectivity index (χ4v) is 2.04. The number of alkyl halides is 1. The molecular formula is C13H16FNO3. The number of para-hydroxylation sites is 1. The lowest BCUT2D eigenvalue weighted by Crippen LogP contribution is -2.51. The molecule has 0 bridgehead atoms. The third-order valence-electron chi connectivity index (χ3n) is 2.92. The number of ether oxygens (including phenoxy) is 2. The van der Waals surface area contributed by atoms with Crippen molar-refractivity contribution < 1.29 is 18.7 Å². The fourth-order valence-electron chi connectivity index (χ4n) is 2.04. The highest BCUT2D eigenvalue weighted by Crippen LogP contribution is 2.22. The van der Waals surface area contributed by atoms with Gasteiger partial charge in [-0.05, 0) is 25.0 Å². The maximum Gasteiger partial charge on any atom is 0.417 e. The zero-order valence-corrected chi connectivity index (χ0v) is 10.2. The number of carbonyl (C=O) groups excluding carboxylic acids is 1. The summed E-state index contributed by atoms with van der Waals surface area (Å²) in [6.07, 6.45) is -1.56. The van der Waals surface area contributed by atoms with Crippen molar-refractivity contribution in [1.29, 1.82) is 0 Å². The lowest BCUT2D eigenvalue weighted by Gasteiger charge is -2.35. The molecule has 18 heavy (non-hydrogen) atoms. The first-order valence-electron chi connectivity index (χ1n) is 5.92. The second-order valence-corrected chi connectivity index (χ2v) is 4.16. The van der Waals surface area contributed by atoms with E-state index in [2.05, 4.69) is 0 Å². The Hall–Kier alpha value is -1.62. The van der Waals surface area contributed by atoms with Crippen LogP contribution in [-0.4, -0.2) is 37.0 Å². The van der Waals surface area contributed by atoms with Crippen LogP contribution in [0.5, 0.6) is 5.75 Å². The molecule has 1 heterocycles. The van der Waals surface area contributed by atoms with Crippen LogP contribution in [0.1, 0.15) is 12.8 Å². The molecule has 0 N–H and O–H groups in total. The average molecular weight is 253 g/mol. The summed E-state index contributed by atoms with van der Waals surface area (Å²) >= 11 is 0. The first-order chi connectivity index (χ1) is 8.72. The van der Waals surface area contributed by atoms with Crippen molar-refractivity contribution >= 4 is 6.09 Å². The molecular weight excluding hydrogens is 237 g/mol. The molecule has 1 saturated heterocycles. The summed E-state index contributed by atoms with van der Waals surface area (Å²) in [6, 6.07) is 8.72. The molecule has 4 nitrogen and oxygen atoms in total. The molecule has 0 saturated carbocycles. The van der Waals surface area contributed by atoms with Gasteiger partial charge < -0.3 is 9.47 Å². The van der Waals surface area contributed by atoms with Crippen LogP contribution in [0.4, 0.5) is 9.18 Å². The Bertz CT molecular complexity index is 398. The van der Waals surface area contributed by atoms with Gasteiger partial charge in [0.2, 0.25) is 0 Å². The predicted molar refractivity (Wildman–Crippen MR) is 64.1 cm³/mol. The van der Waals surface area contributed by atoms with Crippen molar-refractivity contribution in [2.75, 3.05) is 13.7 Å². The fraction of sp³-hybridized carbons (Fsp3) is 0.462. The average Bonchev–Trinajstić information content (AvgIpc) is 2.39. The zero-order chi connectivity index (χ0) is 13.0. The Kier molecular flexibility index (Phi) is 4.15. The minimum atomic E-state index is -1.16. The van der Waals surface area contributed by atoms with Crippen molar-refractivity contribution in [3.8, 4) is 5.75 Å². The van der Waals surface area contributed by atoms with E-state index in [0.29, 0.717) is 25.1 Å². The van der Waals surface area contributed by atoms with Crippen LogP contribution in [0.3, 0.4) is 0 Å². The SMILES string of the molecule is COC1C(F)CCCN1C(=O)Oc1ccccc1. The summed E-state index contributed by atoms with van der Waals surface area (Å²) in [5.41, 5.74) is 0. The van der Waals surface area contributed by atoms with Gasteiger partial charge in [0, 0.05) is 13.7 Å². The van der Waals surface area contributed by atoms with Crippen LogP contribution in [0.2, 0.25) is 0 Å². The van der Waals surface area contributed by atoms with E-state index < -0.39 is 18.5 Å². The van der Waals surface area contributed by atoms with Crippen molar-refractivity contribution in [2.45, 2.75) is 25.2 Å². The Morgan fingerprint density at radius 3 is 2.78 bits per heavy atom. The summed E-state index contributed by atoms with van der Waals surface area (Å²) < 4.78 is 23.8. The number of rotatable bonds is 2. The molecule has 2 rings (SSSR count). The van der Waals surface area contributed by atoms with E-state index in [-0.39, 0.29) is 0 Å². The molecule has 1 aliphatic heterocycles. The first kappa shape index (κ1) is 12.8. The van der Waals surface area contributed by atoms with Gasteiger partial charge in [-0.25, -0.2) is 9.18 Å². The molecule has 1 fully saturated rings. The second-order valence-electron chi connectivity index (χ2n) is 4.16. The summed E-state index contributed by atoms with van der Waals surface area (Å²) in [6.45, 7) is 0.449.